The minimum absolute atomic E-state index is 0.0484. The Labute approximate surface area is 153 Å². The molecule has 0 bridgehead atoms. The van der Waals surface area contributed by atoms with Crippen molar-refractivity contribution in [1.82, 2.24) is 4.90 Å². The highest BCUT2D eigenvalue weighted by Gasteiger charge is 2.19. The lowest BCUT2D eigenvalue weighted by atomic mass is 10.1. The number of furan rings is 1. The zero-order valence-corrected chi connectivity index (χ0v) is 15.6. The number of amides is 1. The summed E-state index contributed by atoms with van der Waals surface area (Å²) in [5, 5.41) is 0. The molecular formula is C19H25NO6. The molecule has 2 rings (SSSR count). The van der Waals surface area contributed by atoms with Gasteiger partial charge in [0.1, 0.15) is 5.76 Å². The standard InChI is InChI=1S/C19H25NO6/c1-22-9-7-20(13-15-6-5-8-26-15)18(21)12-14-10-16(23-2)19(25-4)17(11-14)24-3/h5-6,8,10-11H,7,9,12-13H2,1-4H3. The van der Waals surface area contributed by atoms with E-state index in [2.05, 4.69) is 0 Å². The van der Waals surface area contributed by atoms with Crippen LogP contribution in [0.3, 0.4) is 0 Å². The van der Waals surface area contributed by atoms with E-state index in [4.69, 9.17) is 23.4 Å². The molecule has 7 nitrogen and oxygen atoms in total. The fourth-order valence-electron chi connectivity index (χ4n) is 2.61. The van der Waals surface area contributed by atoms with Crippen LogP contribution in [0.1, 0.15) is 11.3 Å². The third-order valence-electron chi connectivity index (χ3n) is 3.92. The van der Waals surface area contributed by atoms with Crippen molar-refractivity contribution in [2.45, 2.75) is 13.0 Å². The summed E-state index contributed by atoms with van der Waals surface area (Å²) in [7, 11) is 6.24. The quantitative estimate of drug-likeness (QED) is 0.646. The first-order valence-electron chi connectivity index (χ1n) is 8.20. The maximum atomic E-state index is 12.8. The van der Waals surface area contributed by atoms with Crippen LogP contribution in [-0.2, 0) is 22.5 Å². The first kappa shape index (κ1) is 19.7. The minimum atomic E-state index is -0.0484. The highest BCUT2D eigenvalue weighted by molar-refractivity contribution is 5.79. The molecule has 1 aromatic carbocycles. The normalized spacial score (nSPS) is 10.5. The van der Waals surface area contributed by atoms with Crippen molar-refractivity contribution in [2.24, 2.45) is 0 Å². The van der Waals surface area contributed by atoms with Crippen molar-refractivity contribution < 1.29 is 28.2 Å². The summed E-state index contributed by atoms with van der Waals surface area (Å²) >= 11 is 0. The Morgan fingerprint density at radius 3 is 2.27 bits per heavy atom. The van der Waals surface area contributed by atoms with E-state index in [0.29, 0.717) is 36.9 Å². The molecule has 1 amide bonds. The highest BCUT2D eigenvalue weighted by atomic mass is 16.5. The molecular weight excluding hydrogens is 338 g/mol. The fourth-order valence-corrected chi connectivity index (χ4v) is 2.61. The van der Waals surface area contributed by atoms with Crippen molar-refractivity contribution in [3.05, 3.63) is 41.9 Å². The van der Waals surface area contributed by atoms with E-state index >= 15 is 0 Å². The molecule has 7 heteroatoms. The van der Waals surface area contributed by atoms with Crippen LogP contribution in [0.15, 0.2) is 34.9 Å². The SMILES string of the molecule is COCCN(Cc1ccco1)C(=O)Cc1cc(OC)c(OC)c(OC)c1. The van der Waals surface area contributed by atoms with Crippen LogP contribution < -0.4 is 14.2 Å². The lowest BCUT2D eigenvalue weighted by Crippen LogP contribution is -2.34. The van der Waals surface area contributed by atoms with E-state index in [0.717, 1.165) is 11.3 Å². The van der Waals surface area contributed by atoms with E-state index < -0.39 is 0 Å². The van der Waals surface area contributed by atoms with Crippen molar-refractivity contribution in [3.63, 3.8) is 0 Å². The Kier molecular flexibility index (Phi) is 7.35. The van der Waals surface area contributed by atoms with Crippen LogP contribution in [0.5, 0.6) is 17.2 Å². The predicted molar refractivity (Wildman–Crippen MR) is 95.8 cm³/mol. The van der Waals surface area contributed by atoms with Gasteiger partial charge in [-0.1, -0.05) is 0 Å². The molecule has 0 fully saturated rings. The van der Waals surface area contributed by atoms with Crippen LogP contribution in [0.2, 0.25) is 0 Å². The fraction of sp³-hybridized carbons (Fsp3) is 0.421. The first-order chi connectivity index (χ1) is 12.6. The van der Waals surface area contributed by atoms with Crippen LogP contribution in [-0.4, -0.2) is 52.4 Å². The van der Waals surface area contributed by atoms with Gasteiger partial charge >= 0.3 is 0 Å². The number of carbonyl (C=O) groups is 1. The van der Waals surface area contributed by atoms with Gasteiger partial charge in [0.25, 0.3) is 0 Å². The second-order valence-electron chi connectivity index (χ2n) is 5.60. The Morgan fingerprint density at radius 2 is 1.77 bits per heavy atom. The minimum Gasteiger partial charge on any atom is -0.493 e. The van der Waals surface area contributed by atoms with Gasteiger partial charge < -0.3 is 28.3 Å². The molecule has 0 aliphatic carbocycles. The molecule has 1 heterocycles. The highest BCUT2D eigenvalue weighted by Crippen LogP contribution is 2.38. The summed E-state index contributed by atoms with van der Waals surface area (Å²) < 4.78 is 26.5. The van der Waals surface area contributed by atoms with E-state index in [1.54, 1.807) is 57.8 Å². The number of nitrogens with zero attached hydrogens (tertiary/aromatic N) is 1. The molecule has 142 valence electrons. The van der Waals surface area contributed by atoms with Crippen molar-refractivity contribution in [3.8, 4) is 17.2 Å². The summed E-state index contributed by atoms with van der Waals surface area (Å²) in [5.74, 6) is 2.21. The van der Waals surface area contributed by atoms with Gasteiger partial charge in [0, 0.05) is 13.7 Å². The molecule has 0 aliphatic rings. The zero-order chi connectivity index (χ0) is 18.9. The summed E-state index contributed by atoms with van der Waals surface area (Å²) in [6.07, 6.45) is 1.79. The molecule has 0 spiro atoms. The monoisotopic (exact) mass is 363 g/mol. The molecule has 0 aliphatic heterocycles. The Bertz CT molecular complexity index is 673. The summed E-state index contributed by atoms with van der Waals surface area (Å²) in [5.41, 5.74) is 0.770. The van der Waals surface area contributed by atoms with E-state index in [1.165, 1.54) is 0 Å². The maximum absolute atomic E-state index is 12.8. The summed E-state index contributed by atoms with van der Waals surface area (Å²) in [6.45, 7) is 1.31. The predicted octanol–water partition coefficient (Wildman–Crippen LogP) is 2.52. The van der Waals surface area contributed by atoms with Crippen LogP contribution >= 0.6 is 0 Å². The van der Waals surface area contributed by atoms with Gasteiger partial charge in [0.05, 0.1) is 47.2 Å². The molecule has 0 N–H and O–H groups in total. The van der Waals surface area contributed by atoms with Gasteiger partial charge in [-0.05, 0) is 29.8 Å². The Morgan fingerprint density at radius 1 is 1.08 bits per heavy atom. The lowest BCUT2D eigenvalue weighted by Gasteiger charge is -2.22. The van der Waals surface area contributed by atoms with Crippen LogP contribution in [0.4, 0.5) is 0 Å². The molecule has 0 saturated carbocycles. The number of methoxy groups -OCH3 is 4. The largest absolute Gasteiger partial charge is 0.493 e. The number of hydrogen-bond donors (Lipinski definition) is 0. The average Bonchev–Trinajstić information content (AvgIpc) is 3.17. The average molecular weight is 363 g/mol. The molecule has 2 aromatic rings. The molecule has 0 unspecified atom stereocenters. The van der Waals surface area contributed by atoms with Crippen molar-refractivity contribution in [1.29, 1.82) is 0 Å². The number of ether oxygens (including phenoxy) is 4. The molecule has 0 radical (unpaired) electrons. The van der Waals surface area contributed by atoms with Gasteiger partial charge in [0.2, 0.25) is 11.7 Å². The Balaban J connectivity index is 2.19. The summed E-state index contributed by atoms with van der Waals surface area (Å²) in [4.78, 5) is 14.5. The molecule has 0 saturated heterocycles. The van der Waals surface area contributed by atoms with Crippen molar-refractivity contribution in [2.75, 3.05) is 41.6 Å². The van der Waals surface area contributed by atoms with Crippen LogP contribution in [0.25, 0.3) is 0 Å². The lowest BCUT2D eigenvalue weighted by molar-refractivity contribution is -0.132. The van der Waals surface area contributed by atoms with Gasteiger partial charge in [-0.25, -0.2) is 0 Å². The number of hydrogen-bond acceptors (Lipinski definition) is 6. The second-order valence-corrected chi connectivity index (χ2v) is 5.60. The second kappa shape index (κ2) is 9.72. The zero-order valence-electron chi connectivity index (χ0n) is 15.6. The van der Waals surface area contributed by atoms with E-state index in [9.17, 15) is 4.79 Å². The molecule has 26 heavy (non-hydrogen) atoms. The topological polar surface area (TPSA) is 70.4 Å². The Hall–Kier alpha value is -2.67. The molecule has 0 atom stereocenters. The third-order valence-corrected chi connectivity index (χ3v) is 3.92. The first-order valence-corrected chi connectivity index (χ1v) is 8.20. The van der Waals surface area contributed by atoms with Crippen molar-refractivity contribution >= 4 is 5.91 Å². The third kappa shape index (κ3) is 4.92. The number of rotatable bonds is 10. The number of benzene rings is 1. The van der Waals surface area contributed by atoms with Crippen LogP contribution in [0, 0.1) is 0 Å². The molecule has 1 aromatic heterocycles. The number of carbonyl (C=O) groups excluding carboxylic acids is 1. The van der Waals surface area contributed by atoms with Gasteiger partial charge in [0.15, 0.2) is 11.5 Å². The van der Waals surface area contributed by atoms with Gasteiger partial charge in [-0.3, -0.25) is 4.79 Å². The maximum Gasteiger partial charge on any atom is 0.227 e. The van der Waals surface area contributed by atoms with E-state index in [-0.39, 0.29) is 12.3 Å². The smallest absolute Gasteiger partial charge is 0.227 e. The van der Waals surface area contributed by atoms with Gasteiger partial charge in [-0.2, -0.15) is 0 Å². The van der Waals surface area contributed by atoms with Gasteiger partial charge in [-0.15, -0.1) is 0 Å². The summed E-state index contributed by atoms with van der Waals surface area (Å²) in [6, 6.07) is 7.20. The van der Waals surface area contributed by atoms with E-state index in [1.807, 2.05) is 6.07 Å².